The summed E-state index contributed by atoms with van der Waals surface area (Å²) in [6, 6.07) is 20.8. The van der Waals surface area contributed by atoms with E-state index < -0.39 is 22.0 Å². The van der Waals surface area contributed by atoms with Gasteiger partial charge < -0.3 is 10.1 Å². The minimum atomic E-state index is -3.95. The van der Waals surface area contributed by atoms with Crippen LogP contribution in [0.2, 0.25) is 5.02 Å². The van der Waals surface area contributed by atoms with Crippen molar-refractivity contribution in [1.29, 1.82) is 0 Å². The van der Waals surface area contributed by atoms with Crippen LogP contribution in [0.25, 0.3) is 0 Å². The van der Waals surface area contributed by atoms with E-state index in [4.69, 9.17) is 16.3 Å². The summed E-state index contributed by atoms with van der Waals surface area (Å²) in [7, 11) is -2.45. The van der Waals surface area contributed by atoms with Gasteiger partial charge in [0.05, 0.1) is 17.7 Å². The number of methoxy groups -OCH3 is 1. The van der Waals surface area contributed by atoms with E-state index in [1.54, 1.807) is 24.3 Å². The standard InChI is InChI=1S/C22H21ClN2O4S/c1-29-21-10-6-5-9-19(21)24-22(26)20(15-16-7-3-2-4-8-16)25-30(27,28)18-13-11-17(23)12-14-18/h2-14,20,25H,15H2,1H3,(H,24,26). The summed E-state index contributed by atoms with van der Waals surface area (Å²) in [6.07, 6.45) is 0.175. The maximum absolute atomic E-state index is 13.0. The number of carbonyl (C=O) groups is 1. The Bertz CT molecular complexity index is 1100. The molecule has 0 aliphatic heterocycles. The van der Waals surface area contributed by atoms with E-state index in [2.05, 4.69) is 10.0 Å². The number of halogens is 1. The van der Waals surface area contributed by atoms with Crippen LogP contribution in [0.5, 0.6) is 5.75 Å². The molecular formula is C22H21ClN2O4S. The quantitative estimate of drug-likeness (QED) is 0.552. The molecule has 3 aromatic carbocycles. The van der Waals surface area contributed by atoms with E-state index in [0.29, 0.717) is 16.5 Å². The third kappa shape index (κ3) is 5.60. The van der Waals surface area contributed by atoms with Crippen LogP contribution in [0, 0.1) is 0 Å². The van der Waals surface area contributed by atoms with E-state index >= 15 is 0 Å². The van der Waals surface area contributed by atoms with Crippen LogP contribution < -0.4 is 14.8 Å². The first-order valence-electron chi connectivity index (χ1n) is 9.15. The van der Waals surface area contributed by atoms with Gasteiger partial charge >= 0.3 is 0 Å². The number of ether oxygens (including phenoxy) is 1. The topological polar surface area (TPSA) is 84.5 Å². The van der Waals surface area contributed by atoms with Gasteiger partial charge in [-0.15, -0.1) is 0 Å². The van der Waals surface area contributed by atoms with E-state index in [1.807, 2.05) is 30.3 Å². The summed E-state index contributed by atoms with van der Waals surface area (Å²) < 4.78 is 33.5. The molecule has 2 N–H and O–H groups in total. The molecule has 8 heteroatoms. The predicted octanol–water partition coefficient (Wildman–Crippen LogP) is 3.88. The van der Waals surface area contributed by atoms with Crippen molar-refractivity contribution in [3.8, 4) is 5.75 Å². The monoisotopic (exact) mass is 444 g/mol. The van der Waals surface area contributed by atoms with Gasteiger partial charge in [0.2, 0.25) is 15.9 Å². The zero-order chi connectivity index (χ0) is 21.6. The van der Waals surface area contributed by atoms with Crippen molar-refractivity contribution in [2.45, 2.75) is 17.4 Å². The molecule has 3 rings (SSSR count). The molecule has 0 aromatic heterocycles. The zero-order valence-corrected chi connectivity index (χ0v) is 17.8. The Hall–Kier alpha value is -2.87. The molecule has 3 aromatic rings. The summed E-state index contributed by atoms with van der Waals surface area (Å²) in [5.41, 5.74) is 1.27. The van der Waals surface area contributed by atoms with Gasteiger partial charge in [-0.05, 0) is 48.4 Å². The Kier molecular flexibility index (Phi) is 7.10. The maximum atomic E-state index is 13.0. The van der Waals surface area contributed by atoms with Crippen LogP contribution in [0.15, 0.2) is 83.8 Å². The molecular weight excluding hydrogens is 424 g/mol. The largest absolute Gasteiger partial charge is 0.495 e. The van der Waals surface area contributed by atoms with Gasteiger partial charge in [-0.1, -0.05) is 54.1 Å². The molecule has 0 spiro atoms. The van der Waals surface area contributed by atoms with Crippen LogP contribution in [-0.2, 0) is 21.2 Å². The van der Waals surface area contributed by atoms with Gasteiger partial charge in [0, 0.05) is 5.02 Å². The first-order valence-corrected chi connectivity index (χ1v) is 11.0. The molecule has 0 aliphatic carbocycles. The third-order valence-corrected chi connectivity index (χ3v) is 6.12. The van der Waals surface area contributed by atoms with E-state index in [0.717, 1.165) is 5.56 Å². The minimum Gasteiger partial charge on any atom is -0.495 e. The normalized spacial score (nSPS) is 12.2. The lowest BCUT2D eigenvalue weighted by atomic mass is 10.1. The Balaban J connectivity index is 1.88. The Labute approximate surface area is 180 Å². The molecule has 1 amide bonds. The molecule has 6 nitrogen and oxygen atoms in total. The van der Waals surface area contributed by atoms with Crippen LogP contribution in [0.3, 0.4) is 0 Å². The van der Waals surface area contributed by atoms with Crippen molar-refractivity contribution < 1.29 is 17.9 Å². The van der Waals surface area contributed by atoms with Gasteiger partial charge in [-0.3, -0.25) is 4.79 Å². The second-order valence-electron chi connectivity index (χ2n) is 6.51. The summed E-state index contributed by atoms with van der Waals surface area (Å²) in [5, 5.41) is 3.17. The van der Waals surface area contributed by atoms with Gasteiger partial charge in [0.15, 0.2) is 0 Å². The van der Waals surface area contributed by atoms with Crippen LogP contribution in [0.4, 0.5) is 5.69 Å². The molecule has 0 fully saturated rings. The zero-order valence-electron chi connectivity index (χ0n) is 16.2. The van der Waals surface area contributed by atoms with Crippen LogP contribution in [0.1, 0.15) is 5.56 Å². The van der Waals surface area contributed by atoms with Crippen molar-refractivity contribution in [1.82, 2.24) is 4.72 Å². The van der Waals surface area contributed by atoms with Crippen molar-refractivity contribution in [2.75, 3.05) is 12.4 Å². The van der Waals surface area contributed by atoms with Crippen molar-refractivity contribution in [3.63, 3.8) is 0 Å². The summed E-state index contributed by atoms with van der Waals surface area (Å²) in [6.45, 7) is 0. The molecule has 0 heterocycles. The van der Waals surface area contributed by atoms with Gasteiger partial charge in [-0.2, -0.15) is 4.72 Å². The number of hydrogen-bond acceptors (Lipinski definition) is 4. The summed E-state index contributed by atoms with van der Waals surface area (Å²) in [4.78, 5) is 13.1. The number of benzene rings is 3. The molecule has 1 atom stereocenters. The fourth-order valence-corrected chi connectivity index (χ4v) is 4.20. The molecule has 0 aliphatic rings. The van der Waals surface area contributed by atoms with Crippen molar-refractivity contribution in [3.05, 3.63) is 89.4 Å². The molecule has 1 unspecified atom stereocenters. The van der Waals surface area contributed by atoms with Crippen molar-refractivity contribution >= 4 is 33.2 Å². The Morgan fingerprint density at radius 2 is 1.60 bits per heavy atom. The number of carbonyl (C=O) groups excluding carboxylic acids is 1. The Morgan fingerprint density at radius 3 is 2.27 bits per heavy atom. The van der Waals surface area contributed by atoms with Crippen LogP contribution in [-0.4, -0.2) is 27.5 Å². The average molecular weight is 445 g/mol. The molecule has 0 saturated heterocycles. The van der Waals surface area contributed by atoms with E-state index in [9.17, 15) is 13.2 Å². The lowest BCUT2D eigenvalue weighted by molar-refractivity contribution is -0.117. The number of amides is 1. The number of rotatable bonds is 8. The third-order valence-electron chi connectivity index (χ3n) is 4.39. The summed E-state index contributed by atoms with van der Waals surface area (Å²) >= 11 is 5.85. The number of hydrogen-bond donors (Lipinski definition) is 2. The van der Waals surface area contributed by atoms with Gasteiger partial charge in [0.1, 0.15) is 11.8 Å². The first-order chi connectivity index (χ1) is 14.4. The average Bonchev–Trinajstić information content (AvgIpc) is 2.74. The first kappa shape index (κ1) is 21.8. The smallest absolute Gasteiger partial charge is 0.243 e. The number of sulfonamides is 1. The molecule has 0 bridgehead atoms. The van der Waals surface area contributed by atoms with E-state index in [1.165, 1.54) is 31.4 Å². The lowest BCUT2D eigenvalue weighted by Gasteiger charge is -2.19. The fourth-order valence-electron chi connectivity index (χ4n) is 2.87. The molecule has 156 valence electrons. The number of para-hydroxylation sites is 2. The fraction of sp³-hybridized carbons (Fsp3) is 0.136. The second-order valence-corrected chi connectivity index (χ2v) is 8.66. The highest BCUT2D eigenvalue weighted by atomic mass is 35.5. The predicted molar refractivity (Wildman–Crippen MR) is 117 cm³/mol. The number of nitrogens with one attached hydrogen (secondary N) is 2. The maximum Gasteiger partial charge on any atom is 0.243 e. The summed E-state index contributed by atoms with van der Waals surface area (Å²) in [5.74, 6) is -0.0224. The van der Waals surface area contributed by atoms with Crippen molar-refractivity contribution in [2.24, 2.45) is 0 Å². The minimum absolute atomic E-state index is 0.0232. The van der Waals surface area contributed by atoms with Crippen LogP contribution >= 0.6 is 11.6 Å². The highest BCUT2D eigenvalue weighted by Crippen LogP contribution is 2.23. The molecule has 0 saturated carbocycles. The SMILES string of the molecule is COc1ccccc1NC(=O)C(Cc1ccccc1)NS(=O)(=O)c1ccc(Cl)cc1. The Morgan fingerprint density at radius 1 is 0.967 bits per heavy atom. The molecule has 30 heavy (non-hydrogen) atoms. The lowest BCUT2D eigenvalue weighted by Crippen LogP contribution is -2.45. The van der Waals surface area contributed by atoms with Gasteiger partial charge in [0.25, 0.3) is 0 Å². The highest BCUT2D eigenvalue weighted by molar-refractivity contribution is 7.89. The highest BCUT2D eigenvalue weighted by Gasteiger charge is 2.26. The molecule has 0 radical (unpaired) electrons. The van der Waals surface area contributed by atoms with E-state index in [-0.39, 0.29) is 11.3 Å². The second kappa shape index (κ2) is 9.75. The van der Waals surface area contributed by atoms with Gasteiger partial charge in [-0.25, -0.2) is 8.42 Å². The number of anilines is 1.